The molecule has 1 heterocycles. The Hall–Kier alpha value is -0.790. The van der Waals surface area contributed by atoms with Crippen LogP contribution in [0.5, 0.6) is 0 Å². The minimum absolute atomic E-state index is 0.147. The molecule has 0 spiro atoms. The van der Waals surface area contributed by atoms with Crippen molar-refractivity contribution < 1.29 is 4.39 Å². The van der Waals surface area contributed by atoms with Gasteiger partial charge in [0.15, 0.2) is 5.95 Å². The molecule has 1 unspecified atom stereocenters. The van der Waals surface area contributed by atoms with Crippen LogP contribution in [0.4, 0.5) is 4.39 Å². The Kier molecular flexibility index (Phi) is 2.32. The normalized spacial score (nSPS) is 24.3. The summed E-state index contributed by atoms with van der Waals surface area (Å²) in [5.74, 6) is 0.307. The molecular formula is C9H14FN. The van der Waals surface area contributed by atoms with Gasteiger partial charge in [-0.05, 0) is 12.0 Å². The van der Waals surface area contributed by atoms with Gasteiger partial charge in [0.05, 0.1) is 6.04 Å². The van der Waals surface area contributed by atoms with Gasteiger partial charge in [0, 0.05) is 7.05 Å². The molecule has 0 radical (unpaired) electrons. The summed E-state index contributed by atoms with van der Waals surface area (Å²) in [6.07, 6.45) is 5.28. The van der Waals surface area contributed by atoms with Gasteiger partial charge < -0.3 is 4.90 Å². The maximum Gasteiger partial charge on any atom is 0.189 e. The van der Waals surface area contributed by atoms with E-state index in [0.717, 1.165) is 0 Å². The first kappa shape index (κ1) is 8.31. The topological polar surface area (TPSA) is 3.24 Å². The summed E-state index contributed by atoms with van der Waals surface area (Å²) in [7, 11) is 1.78. The lowest BCUT2D eigenvalue weighted by atomic mass is 10.0. The molecule has 0 bridgehead atoms. The first-order valence-electron chi connectivity index (χ1n) is 3.89. The van der Waals surface area contributed by atoms with E-state index in [1.54, 1.807) is 18.0 Å². The maximum atomic E-state index is 12.9. The fourth-order valence-corrected chi connectivity index (χ4v) is 1.31. The molecule has 0 saturated heterocycles. The van der Waals surface area contributed by atoms with Gasteiger partial charge in [-0.15, -0.1) is 0 Å². The molecule has 2 heteroatoms. The average Bonchev–Trinajstić information content (AvgIpc) is 1.94. The monoisotopic (exact) mass is 155 g/mol. The average molecular weight is 155 g/mol. The highest BCUT2D eigenvalue weighted by molar-refractivity contribution is 5.16. The lowest BCUT2D eigenvalue weighted by molar-refractivity contribution is 0.228. The van der Waals surface area contributed by atoms with Crippen LogP contribution in [0.3, 0.4) is 0 Å². The van der Waals surface area contributed by atoms with E-state index in [4.69, 9.17) is 0 Å². The second-order valence-electron chi connectivity index (χ2n) is 3.22. The lowest BCUT2D eigenvalue weighted by Crippen LogP contribution is -2.33. The van der Waals surface area contributed by atoms with Crippen molar-refractivity contribution in [2.75, 3.05) is 7.05 Å². The van der Waals surface area contributed by atoms with Gasteiger partial charge in [-0.3, -0.25) is 0 Å². The van der Waals surface area contributed by atoms with Crippen LogP contribution in [-0.2, 0) is 0 Å². The summed E-state index contributed by atoms with van der Waals surface area (Å²) in [6.45, 7) is 4.17. The van der Waals surface area contributed by atoms with Gasteiger partial charge in [-0.1, -0.05) is 26.0 Å². The summed E-state index contributed by atoms with van der Waals surface area (Å²) in [5.41, 5.74) is 0. The highest BCUT2D eigenvalue weighted by atomic mass is 19.1. The summed E-state index contributed by atoms with van der Waals surface area (Å²) in [4.78, 5) is 1.66. The van der Waals surface area contributed by atoms with E-state index < -0.39 is 0 Å². The molecule has 0 N–H and O–H groups in total. The molecule has 0 aromatic heterocycles. The largest absolute Gasteiger partial charge is 0.345 e. The van der Waals surface area contributed by atoms with E-state index in [2.05, 4.69) is 13.8 Å². The zero-order valence-electron chi connectivity index (χ0n) is 7.21. The van der Waals surface area contributed by atoms with Crippen molar-refractivity contribution in [1.82, 2.24) is 4.90 Å². The van der Waals surface area contributed by atoms with Gasteiger partial charge in [0.2, 0.25) is 0 Å². The Morgan fingerprint density at radius 1 is 1.55 bits per heavy atom. The summed E-state index contributed by atoms with van der Waals surface area (Å²) in [5, 5.41) is 0. The van der Waals surface area contributed by atoms with Crippen molar-refractivity contribution in [3.63, 3.8) is 0 Å². The molecular weight excluding hydrogens is 141 g/mol. The second kappa shape index (κ2) is 3.07. The van der Waals surface area contributed by atoms with Crippen molar-refractivity contribution in [2.45, 2.75) is 19.9 Å². The van der Waals surface area contributed by atoms with Gasteiger partial charge in [0.1, 0.15) is 0 Å². The zero-order valence-corrected chi connectivity index (χ0v) is 7.21. The molecule has 1 atom stereocenters. The third kappa shape index (κ3) is 1.62. The van der Waals surface area contributed by atoms with E-state index in [0.29, 0.717) is 5.92 Å². The fraction of sp³-hybridized carbons (Fsp3) is 0.556. The number of nitrogens with zero attached hydrogens (tertiary/aromatic N) is 1. The Labute approximate surface area is 67.2 Å². The maximum absolute atomic E-state index is 12.9. The van der Waals surface area contributed by atoms with E-state index in [1.165, 1.54) is 6.08 Å². The van der Waals surface area contributed by atoms with Gasteiger partial charge in [0.25, 0.3) is 0 Å². The van der Waals surface area contributed by atoms with Crippen molar-refractivity contribution >= 4 is 0 Å². The molecule has 0 aromatic rings. The van der Waals surface area contributed by atoms with E-state index in [-0.39, 0.29) is 12.0 Å². The van der Waals surface area contributed by atoms with Crippen LogP contribution in [0.25, 0.3) is 0 Å². The van der Waals surface area contributed by atoms with Gasteiger partial charge >= 0.3 is 0 Å². The predicted molar refractivity (Wildman–Crippen MR) is 44.7 cm³/mol. The molecule has 0 amide bonds. The Bertz CT molecular complexity index is 194. The number of rotatable bonds is 1. The van der Waals surface area contributed by atoms with Crippen molar-refractivity contribution in [3.05, 3.63) is 24.2 Å². The third-order valence-corrected chi connectivity index (χ3v) is 2.01. The van der Waals surface area contributed by atoms with Gasteiger partial charge in [-0.2, -0.15) is 4.39 Å². The van der Waals surface area contributed by atoms with Crippen molar-refractivity contribution in [3.8, 4) is 0 Å². The smallest absolute Gasteiger partial charge is 0.189 e. The molecule has 0 saturated carbocycles. The van der Waals surface area contributed by atoms with Crippen molar-refractivity contribution in [1.29, 1.82) is 0 Å². The Balaban J connectivity index is 2.73. The van der Waals surface area contributed by atoms with E-state index in [1.807, 2.05) is 6.08 Å². The summed E-state index contributed by atoms with van der Waals surface area (Å²) in [6, 6.07) is 0.208. The number of hydrogen-bond donors (Lipinski definition) is 0. The van der Waals surface area contributed by atoms with Gasteiger partial charge in [-0.25, -0.2) is 0 Å². The molecule has 0 fully saturated rings. The standard InChI is InChI=1S/C9H14FN/c1-7(2)8-5-4-6-9(10)11(8)3/h4-8H,1-3H3. The van der Waals surface area contributed by atoms with E-state index in [9.17, 15) is 4.39 Å². The fourth-order valence-electron chi connectivity index (χ4n) is 1.31. The minimum atomic E-state index is -0.147. The highest BCUT2D eigenvalue weighted by Gasteiger charge is 2.19. The Morgan fingerprint density at radius 3 is 2.64 bits per heavy atom. The summed E-state index contributed by atoms with van der Waals surface area (Å²) < 4.78 is 12.9. The minimum Gasteiger partial charge on any atom is -0.345 e. The molecule has 0 aliphatic carbocycles. The Morgan fingerprint density at radius 2 is 2.18 bits per heavy atom. The first-order chi connectivity index (χ1) is 5.13. The van der Waals surface area contributed by atoms with Crippen LogP contribution < -0.4 is 0 Å². The lowest BCUT2D eigenvalue weighted by Gasteiger charge is -2.30. The van der Waals surface area contributed by atoms with Crippen LogP contribution in [0.2, 0.25) is 0 Å². The molecule has 0 aromatic carbocycles. The third-order valence-electron chi connectivity index (χ3n) is 2.01. The van der Waals surface area contributed by atoms with Crippen molar-refractivity contribution in [2.24, 2.45) is 5.92 Å². The number of halogens is 1. The molecule has 1 nitrogen and oxygen atoms in total. The molecule has 11 heavy (non-hydrogen) atoms. The quantitative estimate of drug-likeness (QED) is 0.525. The summed E-state index contributed by atoms with van der Waals surface area (Å²) >= 11 is 0. The number of hydrogen-bond acceptors (Lipinski definition) is 1. The van der Waals surface area contributed by atoms with Crippen LogP contribution in [-0.4, -0.2) is 18.0 Å². The molecule has 1 aliphatic rings. The van der Waals surface area contributed by atoms with Crippen LogP contribution in [0.1, 0.15) is 13.8 Å². The second-order valence-corrected chi connectivity index (χ2v) is 3.22. The van der Waals surface area contributed by atoms with Crippen LogP contribution in [0, 0.1) is 5.92 Å². The molecule has 62 valence electrons. The first-order valence-corrected chi connectivity index (χ1v) is 3.89. The SMILES string of the molecule is CC(C)C1C=CC=C(F)N1C. The molecule has 1 aliphatic heterocycles. The van der Waals surface area contributed by atoms with Crippen LogP contribution >= 0.6 is 0 Å². The zero-order chi connectivity index (χ0) is 8.43. The highest BCUT2D eigenvalue weighted by Crippen LogP contribution is 2.20. The number of likely N-dealkylation sites (N-methyl/N-ethyl adjacent to an activating group) is 1. The van der Waals surface area contributed by atoms with Crippen LogP contribution in [0.15, 0.2) is 24.2 Å². The van der Waals surface area contributed by atoms with E-state index >= 15 is 0 Å². The number of allylic oxidation sites excluding steroid dienone is 2. The molecule has 1 rings (SSSR count). The predicted octanol–water partition coefficient (Wildman–Crippen LogP) is 2.32.